The fraction of sp³-hybridized carbons (Fsp3) is 0.529. The lowest BCUT2D eigenvalue weighted by Gasteiger charge is -2.38. The van der Waals surface area contributed by atoms with Crippen LogP contribution >= 0.6 is 11.5 Å². The SMILES string of the molecule is COCc1nsc(N2CCN([C@@H](C)c3cccc(OC)c3)CC2)n1. The zero-order chi connectivity index (χ0) is 16.9. The lowest BCUT2D eigenvalue weighted by Crippen LogP contribution is -2.47. The zero-order valence-corrected chi connectivity index (χ0v) is 15.3. The van der Waals surface area contributed by atoms with Gasteiger partial charge in [0, 0.05) is 50.9 Å². The van der Waals surface area contributed by atoms with Crippen molar-refractivity contribution in [3.8, 4) is 5.75 Å². The molecule has 1 fully saturated rings. The number of rotatable bonds is 6. The first kappa shape index (κ1) is 17.1. The Hall–Kier alpha value is -1.70. The highest BCUT2D eigenvalue weighted by Crippen LogP contribution is 2.26. The minimum Gasteiger partial charge on any atom is -0.497 e. The number of methoxy groups -OCH3 is 2. The molecule has 0 amide bonds. The van der Waals surface area contributed by atoms with Gasteiger partial charge in [-0.15, -0.1) is 0 Å². The van der Waals surface area contributed by atoms with Gasteiger partial charge >= 0.3 is 0 Å². The summed E-state index contributed by atoms with van der Waals surface area (Å²) in [5, 5.41) is 0.996. The van der Waals surface area contributed by atoms with Gasteiger partial charge in [-0.2, -0.15) is 4.37 Å². The Morgan fingerprint density at radius 3 is 2.71 bits per heavy atom. The average molecular weight is 348 g/mol. The van der Waals surface area contributed by atoms with Gasteiger partial charge in [0.2, 0.25) is 5.13 Å². The van der Waals surface area contributed by atoms with E-state index in [1.807, 2.05) is 6.07 Å². The molecule has 1 saturated heterocycles. The molecular weight excluding hydrogens is 324 g/mol. The molecule has 24 heavy (non-hydrogen) atoms. The van der Waals surface area contributed by atoms with E-state index in [0.717, 1.165) is 42.9 Å². The third-order valence-corrected chi connectivity index (χ3v) is 5.25. The highest BCUT2D eigenvalue weighted by Gasteiger charge is 2.24. The van der Waals surface area contributed by atoms with E-state index in [4.69, 9.17) is 9.47 Å². The number of aromatic nitrogens is 2. The summed E-state index contributed by atoms with van der Waals surface area (Å²) in [6.45, 7) is 6.69. The molecule has 2 heterocycles. The van der Waals surface area contributed by atoms with E-state index in [1.165, 1.54) is 17.1 Å². The largest absolute Gasteiger partial charge is 0.497 e. The number of piperazine rings is 1. The molecule has 7 heteroatoms. The highest BCUT2D eigenvalue weighted by atomic mass is 32.1. The van der Waals surface area contributed by atoms with Crippen molar-refractivity contribution in [1.29, 1.82) is 0 Å². The summed E-state index contributed by atoms with van der Waals surface area (Å²) in [4.78, 5) is 9.36. The van der Waals surface area contributed by atoms with Crippen molar-refractivity contribution in [3.63, 3.8) is 0 Å². The summed E-state index contributed by atoms with van der Waals surface area (Å²) in [7, 11) is 3.38. The van der Waals surface area contributed by atoms with Gasteiger partial charge in [0.05, 0.1) is 7.11 Å². The smallest absolute Gasteiger partial charge is 0.205 e. The van der Waals surface area contributed by atoms with Gasteiger partial charge in [0.15, 0.2) is 5.82 Å². The normalized spacial score (nSPS) is 17.0. The van der Waals surface area contributed by atoms with Crippen molar-refractivity contribution in [1.82, 2.24) is 14.3 Å². The average Bonchev–Trinajstić information content (AvgIpc) is 3.10. The first-order valence-corrected chi connectivity index (χ1v) is 8.93. The van der Waals surface area contributed by atoms with Crippen molar-refractivity contribution in [3.05, 3.63) is 35.7 Å². The second-order valence-electron chi connectivity index (χ2n) is 5.90. The summed E-state index contributed by atoms with van der Waals surface area (Å²) >= 11 is 1.46. The van der Waals surface area contributed by atoms with E-state index in [0.29, 0.717) is 12.6 Å². The van der Waals surface area contributed by atoms with Crippen LogP contribution in [0, 0.1) is 0 Å². The third-order valence-electron chi connectivity index (χ3n) is 4.44. The van der Waals surface area contributed by atoms with Gasteiger partial charge in [-0.05, 0) is 24.6 Å². The van der Waals surface area contributed by atoms with Crippen LogP contribution in [0.15, 0.2) is 24.3 Å². The molecule has 0 saturated carbocycles. The van der Waals surface area contributed by atoms with E-state index < -0.39 is 0 Å². The lowest BCUT2D eigenvalue weighted by molar-refractivity contribution is 0.178. The van der Waals surface area contributed by atoms with E-state index in [1.54, 1.807) is 14.2 Å². The third kappa shape index (κ3) is 3.85. The maximum atomic E-state index is 5.34. The van der Waals surface area contributed by atoms with Crippen molar-refractivity contribution in [2.75, 3.05) is 45.3 Å². The number of anilines is 1. The lowest BCUT2D eigenvalue weighted by atomic mass is 10.1. The van der Waals surface area contributed by atoms with Crippen molar-refractivity contribution in [2.24, 2.45) is 0 Å². The number of nitrogens with zero attached hydrogens (tertiary/aromatic N) is 4. The van der Waals surface area contributed by atoms with Crippen LogP contribution in [0.3, 0.4) is 0 Å². The molecular formula is C17H24N4O2S. The Bertz CT molecular complexity index is 656. The maximum absolute atomic E-state index is 5.34. The Kier molecular flexibility index (Phi) is 5.65. The quantitative estimate of drug-likeness (QED) is 0.800. The van der Waals surface area contributed by atoms with Crippen LogP contribution in [0.25, 0.3) is 0 Å². The van der Waals surface area contributed by atoms with Gasteiger partial charge in [0.25, 0.3) is 0 Å². The molecule has 2 aromatic rings. The number of hydrogen-bond acceptors (Lipinski definition) is 7. The summed E-state index contributed by atoms with van der Waals surface area (Å²) in [6, 6.07) is 8.71. The van der Waals surface area contributed by atoms with E-state index in [9.17, 15) is 0 Å². The summed E-state index contributed by atoms with van der Waals surface area (Å²) in [5.41, 5.74) is 1.29. The van der Waals surface area contributed by atoms with Crippen LogP contribution in [0.5, 0.6) is 5.75 Å². The van der Waals surface area contributed by atoms with Crippen molar-refractivity contribution in [2.45, 2.75) is 19.6 Å². The Morgan fingerprint density at radius 2 is 2.00 bits per heavy atom. The maximum Gasteiger partial charge on any atom is 0.205 e. The number of ether oxygens (including phenoxy) is 2. The minimum atomic E-state index is 0.376. The second kappa shape index (κ2) is 7.92. The molecule has 130 valence electrons. The summed E-state index contributed by atoms with van der Waals surface area (Å²) in [6.07, 6.45) is 0. The molecule has 0 aliphatic carbocycles. The first-order valence-electron chi connectivity index (χ1n) is 8.15. The summed E-state index contributed by atoms with van der Waals surface area (Å²) in [5.74, 6) is 1.68. The van der Waals surface area contributed by atoms with Crippen LogP contribution in [0.4, 0.5) is 5.13 Å². The fourth-order valence-electron chi connectivity index (χ4n) is 2.97. The molecule has 0 spiro atoms. The van der Waals surface area contributed by atoms with Crippen molar-refractivity contribution < 1.29 is 9.47 Å². The fourth-order valence-corrected chi connectivity index (χ4v) is 3.70. The monoisotopic (exact) mass is 348 g/mol. The molecule has 1 aromatic heterocycles. The number of hydrogen-bond donors (Lipinski definition) is 0. The Labute approximate surface area is 147 Å². The van der Waals surface area contributed by atoms with Crippen molar-refractivity contribution >= 4 is 16.7 Å². The van der Waals surface area contributed by atoms with Gasteiger partial charge in [-0.3, -0.25) is 4.90 Å². The van der Waals surface area contributed by atoms with Gasteiger partial charge in [0.1, 0.15) is 12.4 Å². The first-order chi connectivity index (χ1) is 11.7. The molecule has 3 rings (SSSR count). The van der Waals surface area contributed by atoms with Crippen LogP contribution < -0.4 is 9.64 Å². The van der Waals surface area contributed by atoms with E-state index in [-0.39, 0.29) is 0 Å². The van der Waals surface area contributed by atoms with Gasteiger partial charge in [-0.25, -0.2) is 4.98 Å². The number of benzene rings is 1. The van der Waals surface area contributed by atoms with Crippen LogP contribution in [-0.4, -0.2) is 54.7 Å². The topological polar surface area (TPSA) is 50.7 Å². The summed E-state index contributed by atoms with van der Waals surface area (Å²) < 4.78 is 14.8. The molecule has 1 aliphatic rings. The van der Waals surface area contributed by atoms with Gasteiger partial charge in [-0.1, -0.05) is 12.1 Å². The molecule has 0 bridgehead atoms. The minimum absolute atomic E-state index is 0.376. The van der Waals surface area contributed by atoms with Crippen LogP contribution in [-0.2, 0) is 11.3 Å². The Morgan fingerprint density at radius 1 is 1.21 bits per heavy atom. The molecule has 1 aliphatic heterocycles. The molecule has 0 unspecified atom stereocenters. The predicted octanol–water partition coefficient (Wildman–Crippen LogP) is 2.58. The standard InChI is InChI=1S/C17H24N4O2S/c1-13(14-5-4-6-15(11-14)23-3)20-7-9-21(10-8-20)17-18-16(12-22-2)19-24-17/h4-6,11,13H,7-10,12H2,1-3H3/t13-/m0/s1. The molecule has 0 radical (unpaired) electrons. The molecule has 1 atom stereocenters. The van der Waals surface area contributed by atoms with E-state index in [2.05, 4.69) is 44.3 Å². The Balaban J connectivity index is 1.59. The molecule has 0 N–H and O–H groups in total. The highest BCUT2D eigenvalue weighted by molar-refractivity contribution is 7.09. The van der Waals surface area contributed by atoms with E-state index >= 15 is 0 Å². The van der Waals surface area contributed by atoms with Crippen LogP contribution in [0.2, 0.25) is 0 Å². The van der Waals surface area contributed by atoms with Gasteiger partial charge < -0.3 is 14.4 Å². The zero-order valence-electron chi connectivity index (χ0n) is 14.4. The van der Waals surface area contributed by atoms with Crippen LogP contribution in [0.1, 0.15) is 24.4 Å². The molecule has 1 aromatic carbocycles. The predicted molar refractivity (Wildman–Crippen MR) is 95.8 cm³/mol. The second-order valence-corrected chi connectivity index (χ2v) is 6.63. The molecule has 6 nitrogen and oxygen atoms in total.